The van der Waals surface area contributed by atoms with Crippen LogP contribution in [0.4, 0.5) is 0 Å². The van der Waals surface area contributed by atoms with Crippen molar-refractivity contribution in [1.82, 2.24) is 10.2 Å². The molecule has 1 N–H and O–H groups in total. The van der Waals surface area contributed by atoms with Crippen LogP contribution in [-0.4, -0.2) is 42.0 Å². The van der Waals surface area contributed by atoms with Gasteiger partial charge in [0.1, 0.15) is 0 Å². The van der Waals surface area contributed by atoms with Crippen molar-refractivity contribution < 1.29 is 14.4 Å². The summed E-state index contributed by atoms with van der Waals surface area (Å²) < 4.78 is 0. The lowest BCUT2D eigenvalue weighted by atomic mass is 9.93. The number of ketones is 2. The molecular weight excluding hydrogens is 280 g/mol. The molecule has 1 aliphatic carbocycles. The minimum atomic E-state index is -0.490. The summed E-state index contributed by atoms with van der Waals surface area (Å²) in [5.41, 5.74) is 1.91. The first-order chi connectivity index (χ1) is 10.7. The molecule has 1 saturated heterocycles. The molecule has 0 radical (unpaired) electrons. The normalized spacial score (nSPS) is 17.5. The molecule has 0 saturated carbocycles. The molecule has 1 aromatic rings. The number of hydrogen-bond donors (Lipinski definition) is 1. The molecular formula is C17H18N2O3. The molecule has 0 aromatic heterocycles. The van der Waals surface area contributed by atoms with Gasteiger partial charge in [0.15, 0.2) is 0 Å². The zero-order valence-corrected chi connectivity index (χ0v) is 12.3. The molecule has 22 heavy (non-hydrogen) atoms. The fourth-order valence-electron chi connectivity index (χ4n) is 2.90. The van der Waals surface area contributed by atoms with Crippen molar-refractivity contribution in [3.05, 3.63) is 41.5 Å². The first kappa shape index (κ1) is 14.5. The molecule has 1 aromatic carbocycles. The Balaban J connectivity index is 1.60. The number of Topliss-reactive ketones (excluding diaryl/α,β-unsaturated/α-hetero) is 1. The van der Waals surface area contributed by atoms with Crippen molar-refractivity contribution in [3.63, 3.8) is 0 Å². The first-order valence-corrected chi connectivity index (χ1v) is 7.58. The standard InChI is InChI=1S/C17H18N2O3/c20-15-11-14(12-5-1-2-6-13(12)17(15)22)18-8-4-10-19-9-3-7-16(19)21/h1-2,5-6,11,18H,3-4,7-10H2. The van der Waals surface area contributed by atoms with Crippen molar-refractivity contribution in [2.45, 2.75) is 19.3 Å². The molecule has 1 heterocycles. The highest BCUT2D eigenvalue weighted by Gasteiger charge is 2.25. The van der Waals surface area contributed by atoms with E-state index in [1.807, 2.05) is 17.0 Å². The van der Waals surface area contributed by atoms with Crippen LogP contribution in [0.25, 0.3) is 5.70 Å². The smallest absolute Gasteiger partial charge is 0.233 e. The number of benzene rings is 1. The molecule has 5 heteroatoms. The fourth-order valence-corrected chi connectivity index (χ4v) is 2.90. The average molecular weight is 298 g/mol. The predicted octanol–water partition coefficient (Wildman–Crippen LogP) is 1.39. The van der Waals surface area contributed by atoms with E-state index in [1.165, 1.54) is 6.08 Å². The van der Waals surface area contributed by atoms with Gasteiger partial charge in [-0.25, -0.2) is 0 Å². The van der Waals surface area contributed by atoms with Crippen LogP contribution in [0.3, 0.4) is 0 Å². The lowest BCUT2D eigenvalue weighted by Gasteiger charge is -2.19. The van der Waals surface area contributed by atoms with E-state index in [-0.39, 0.29) is 5.91 Å². The Morgan fingerprint density at radius 3 is 2.59 bits per heavy atom. The highest BCUT2D eigenvalue weighted by molar-refractivity contribution is 6.50. The SMILES string of the molecule is O=C1C=C(NCCCN2CCCC2=O)c2ccccc2C1=O. The number of carbonyl (C=O) groups excluding carboxylic acids is 3. The van der Waals surface area contributed by atoms with Gasteiger partial charge in [-0.15, -0.1) is 0 Å². The lowest BCUT2D eigenvalue weighted by molar-refractivity contribution is -0.127. The third-order valence-corrected chi connectivity index (χ3v) is 4.05. The third-order valence-electron chi connectivity index (χ3n) is 4.05. The van der Waals surface area contributed by atoms with E-state index in [0.717, 1.165) is 31.5 Å². The number of hydrogen-bond acceptors (Lipinski definition) is 4. The summed E-state index contributed by atoms with van der Waals surface area (Å²) in [6.45, 7) is 2.23. The quantitative estimate of drug-likeness (QED) is 0.659. The number of nitrogens with one attached hydrogen (secondary N) is 1. The summed E-state index contributed by atoms with van der Waals surface area (Å²) in [4.78, 5) is 37.0. The monoisotopic (exact) mass is 298 g/mol. The second kappa shape index (κ2) is 6.13. The van der Waals surface area contributed by atoms with Gasteiger partial charge in [-0.05, 0) is 12.8 Å². The summed E-state index contributed by atoms with van der Waals surface area (Å²) in [6.07, 6.45) is 3.78. The van der Waals surface area contributed by atoms with E-state index in [0.29, 0.717) is 24.2 Å². The van der Waals surface area contributed by atoms with Crippen LogP contribution in [0.2, 0.25) is 0 Å². The van der Waals surface area contributed by atoms with Gasteiger partial charge < -0.3 is 10.2 Å². The maximum absolute atomic E-state index is 11.8. The van der Waals surface area contributed by atoms with Crippen molar-refractivity contribution >= 4 is 23.2 Å². The molecule has 114 valence electrons. The fraction of sp³-hybridized carbons (Fsp3) is 0.353. The van der Waals surface area contributed by atoms with Gasteiger partial charge in [-0.3, -0.25) is 14.4 Å². The maximum atomic E-state index is 11.8. The molecule has 5 nitrogen and oxygen atoms in total. The second-order valence-corrected chi connectivity index (χ2v) is 5.56. The van der Waals surface area contributed by atoms with Crippen molar-refractivity contribution in [2.75, 3.05) is 19.6 Å². The van der Waals surface area contributed by atoms with Crippen molar-refractivity contribution in [3.8, 4) is 0 Å². The number of likely N-dealkylation sites (tertiary alicyclic amines) is 1. The molecule has 1 amide bonds. The predicted molar refractivity (Wildman–Crippen MR) is 82.2 cm³/mol. The highest BCUT2D eigenvalue weighted by Crippen LogP contribution is 2.22. The van der Waals surface area contributed by atoms with Crippen LogP contribution in [0.15, 0.2) is 30.3 Å². The second-order valence-electron chi connectivity index (χ2n) is 5.56. The van der Waals surface area contributed by atoms with E-state index in [9.17, 15) is 14.4 Å². The van der Waals surface area contributed by atoms with Crippen LogP contribution < -0.4 is 5.32 Å². The summed E-state index contributed by atoms with van der Waals surface area (Å²) >= 11 is 0. The van der Waals surface area contributed by atoms with Gasteiger partial charge in [-0.2, -0.15) is 0 Å². The molecule has 3 rings (SSSR count). The number of fused-ring (bicyclic) bond motifs is 1. The summed E-state index contributed by atoms with van der Waals surface area (Å²) in [7, 11) is 0. The highest BCUT2D eigenvalue weighted by atomic mass is 16.2. The summed E-state index contributed by atoms with van der Waals surface area (Å²) in [5.74, 6) is -0.720. The van der Waals surface area contributed by atoms with Crippen LogP contribution >= 0.6 is 0 Å². The maximum Gasteiger partial charge on any atom is 0.233 e. The van der Waals surface area contributed by atoms with Gasteiger partial charge in [0.05, 0.1) is 0 Å². The Bertz CT molecular complexity index is 664. The van der Waals surface area contributed by atoms with E-state index in [2.05, 4.69) is 5.32 Å². The zero-order chi connectivity index (χ0) is 15.5. The molecule has 0 atom stereocenters. The Morgan fingerprint density at radius 2 is 1.86 bits per heavy atom. The van der Waals surface area contributed by atoms with E-state index in [1.54, 1.807) is 12.1 Å². The van der Waals surface area contributed by atoms with E-state index >= 15 is 0 Å². The van der Waals surface area contributed by atoms with Gasteiger partial charge in [-0.1, -0.05) is 24.3 Å². The lowest BCUT2D eigenvalue weighted by Crippen LogP contribution is -2.29. The summed E-state index contributed by atoms with van der Waals surface area (Å²) in [6, 6.07) is 7.11. The molecule has 1 fully saturated rings. The number of carbonyl (C=O) groups is 3. The molecule has 2 aliphatic rings. The number of nitrogens with zero attached hydrogens (tertiary/aromatic N) is 1. The largest absolute Gasteiger partial charge is 0.384 e. The Kier molecular flexibility index (Phi) is 4.04. The van der Waals surface area contributed by atoms with Crippen LogP contribution in [-0.2, 0) is 9.59 Å². The van der Waals surface area contributed by atoms with Crippen molar-refractivity contribution in [1.29, 1.82) is 0 Å². The Hall–Kier alpha value is -2.43. The molecule has 0 bridgehead atoms. The van der Waals surface area contributed by atoms with Gasteiger partial charge in [0.25, 0.3) is 0 Å². The molecule has 0 spiro atoms. The van der Waals surface area contributed by atoms with Gasteiger partial charge >= 0.3 is 0 Å². The Morgan fingerprint density at radius 1 is 1.09 bits per heavy atom. The van der Waals surface area contributed by atoms with Crippen molar-refractivity contribution in [2.24, 2.45) is 0 Å². The third kappa shape index (κ3) is 2.79. The molecule has 0 unspecified atom stereocenters. The van der Waals surface area contributed by atoms with Crippen LogP contribution in [0.5, 0.6) is 0 Å². The topological polar surface area (TPSA) is 66.5 Å². The number of amides is 1. The Labute approximate surface area is 129 Å². The minimum absolute atomic E-state index is 0.225. The summed E-state index contributed by atoms with van der Waals surface area (Å²) in [5, 5.41) is 3.22. The van der Waals surface area contributed by atoms with Gasteiger partial charge in [0, 0.05) is 49.0 Å². The van der Waals surface area contributed by atoms with Gasteiger partial charge in [0.2, 0.25) is 17.5 Å². The first-order valence-electron chi connectivity index (χ1n) is 7.58. The number of rotatable bonds is 5. The zero-order valence-electron chi connectivity index (χ0n) is 12.3. The average Bonchev–Trinajstić information content (AvgIpc) is 2.94. The minimum Gasteiger partial charge on any atom is -0.384 e. The van der Waals surface area contributed by atoms with E-state index < -0.39 is 11.6 Å². The van der Waals surface area contributed by atoms with Crippen LogP contribution in [0, 0.1) is 0 Å². The van der Waals surface area contributed by atoms with E-state index in [4.69, 9.17) is 0 Å². The van der Waals surface area contributed by atoms with Crippen LogP contribution in [0.1, 0.15) is 35.2 Å². The molecule has 1 aliphatic heterocycles. The number of allylic oxidation sites excluding steroid dienone is 1.